The maximum absolute atomic E-state index is 11.9. The molecule has 0 saturated heterocycles. The summed E-state index contributed by atoms with van der Waals surface area (Å²) < 4.78 is 0.837. The minimum Gasteiger partial charge on any atom is -0.423 e. The van der Waals surface area contributed by atoms with Gasteiger partial charge in [-0.25, -0.2) is 9.97 Å². The van der Waals surface area contributed by atoms with E-state index in [0.29, 0.717) is 23.4 Å². The van der Waals surface area contributed by atoms with Gasteiger partial charge in [-0.15, -0.1) is 11.3 Å². The van der Waals surface area contributed by atoms with Crippen LogP contribution in [0.15, 0.2) is 42.5 Å². The zero-order chi connectivity index (χ0) is 23.1. The number of anilines is 2. The van der Waals surface area contributed by atoms with Crippen molar-refractivity contribution in [1.82, 2.24) is 9.97 Å². The molecule has 0 radical (unpaired) electrons. The number of aromatic nitrogens is 2. The van der Waals surface area contributed by atoms with Crippen molar-refractivity contribution >= 4 is 51.5 Å². The molecule has 0 unspecified atom stereocenters. The first-order valence-electron chi connectivity index (χ1n) is 10.6. The quantitative estimate of drug-likeness (QED) is 0.279. The number of nitrogens with zero attached hydrogens (tertiary/aromatic N) is 2. The predicted octanol–water partition coefficient (Wildman–Crippen LogP) is 2.03. The minimum absolute atomic E-state index is 0.440. The molecule has 166 valence electrons. The standard InChI is InChI=1S/C23H22BN5O3S/c1-12-18(15-6-3-7-16(20(25)30)19(15)33-12)23-28-21-17(8-9-26-21)22(29-23)27-11-13-4-2-5-14(10-13)24(31)32/h2-7,10,31-32H,8-9,11H2,1H3,(H2,25,30)(H2,26,27,28,29). The summed E-state index contributed by atoms with van der Waals surface area (Å²) in [6.45, 7) is 3.25. The molecule has 1 amide bonds. The number of hydrogen-bond acceptors (Lipinski definition) is 8. The fourth-order valence-electron chi connectivity index (χ4n) is 4.19. The van der Waals surface area contributed by atoms with Crippen LogP contribution in [0.4, 0.5) is 11.6 Å². The van der Waals surface area contributed by atoms with Crippen molar-refractivity contribution in [2.45, 2.75) is 19.9 Å². The largest absolute Gasteiger partial charge is 0.488 e. The van der Waals surface area contributed by atoms with Crippen molar-refractivity contribution in [1.29, 1.82) is 0 Å². The van der Waals surface area contributed by atoms with E-state index in [0.717, 1.165) is 56.3 Å². The van der Waals surface area contributed by atoms with Gasteiger partial charge in [0, 0.05) is 39.2 Å². The number of primary amides is 1. The van der Waals surface area contributed by atoms with Gasteiger partial charge in [0.1, 0.15) is 11.6 Å². The Hall–Kier alpha value is -3.47. The number of nitrogens with two attached hydrogens (primary N) is 1. The van der Waals surface area contributed by atoms with Crippen LogP contribution >= 0.6 is 11.3 Å². The van der Waals surface area contributed by atoms with E-state index in [1.165, 1.54) is 11.3 Å². The summed E-state index contributed by atoms with van der Waals surface area (Å²) in [5.74, 6) is 1.66. The highest BCUT2D eigenvalue weighted by molar-refractivity contribution is 7.20. The van der Waals surface area contributed by atoms with Gasteiger partial charge in [-0.2, -0.15) is 0 Å². The van der Waals surface area contributed by atoms with Crippen molar-refractivity contribution in [3.05, 3.63) is 64.0 Å². The van der Waals surface area contributed by atoms with Gasteiger partial charge in [0.25, 0.3) is 0 Å². The highest BCUT2D eigenvalue weighted by Gasteiger charge is 2.23. The Labute approximate surface area is 194 Å². The number of fused-ring (bicyclic) bond motifs is 2. The molecule has 1 aliphatic rings. The molecule has 0 aliphatic carbocycles. The SMILES string of the molecule is Cc1sc2c(C(N)=O)cccc2c1-c1nc2c(c(NCc3cccc(B(O)O)c3)n1)CCN2. The topological polar surface area (TPSA) is 133 Å². The van der Waals surface area contributed by atoms with Gasteiger partial charge in [0.2, 0.25) is 5.91 Å². The van der Waals surface area contributed by atoms with Crippen LogP contribution in [-0.2, 0) is 13.0 Å². The summed E-state index contributed by atoms with van der Waals surface area (Å²) in [6, 6.07) is 12.7. The molecule has 0 atom stereocenters. The number of amides is 1. The van der Waals surface area contributed by atoms with Crippen molar-refractivity contribution < 1.29 is 14.8 Å². The monoisotopic (exact) mass is 459 g/mol. The number of aryl methyl sites for hydroxylation is 1. The first kappa shape index (κ1) is 21.4. The van der Waals surface area contributed by atoms with Crippen LogP contribution in [0.5, 0.6) is 0 Å². The van der Waals surface area contributed by atoms with E-state index in [-0.39, 0.29) is 0 Å². The number of thiophene rings is 1. The third kappa shape index (κ3) is 3.93. The van der Waals surface area contributed by atoms with Crippen LogP contribution in [0.2, 0.25) is 0 Å². The molecule has 33 heavy (non-hydrogen) atoms. The van der Waals surface area contributed by atoms with E-state index < -0.39 is 13.0 Å². The molecule has 0 saturated carbocycles. The van der Waals surface area contributed by atoms with Gasteiger partial charge in [-0.1, -0.05) is 36.4 Å². The summed E-state index contributed by atoms with van der Waals surface area (Å²) in [5, 5.41) is 26.5. The average Bonchev–Trinajstić information content (AvgIpc) is 3.40. The fraction of sp³-hybridized carbons (Fsp3) is 0.174. The smallest absolute Gasteiger partial charge is 0.423 e. The van der Waals surface area contributed by atoms with E-state index in [4.69, 9.17) is 15.7 Å². The van der Waals surface area contributed by atoms with E-state index in [1.54, 1.807) is 24.3 Å². The van der Waals surface area contributed by atoms with Crippen LogP contribution < -0.4 is 21.8 Å². The molecule has 8 nitrogen and oxygen atoms in total. The maximum atomic E-state index is 11.9. The van der Waals surface area contributed by atoms with Gasteiger partial charge in [-0.3, -0.25) is 4.79 Å². The lowest BCUT2D eigenvalue weighted by Gasteiger charge is -2.13. The van der Waals surface area contributed by atoms with Crippen molar-refractivity contribution in [2.24, 2.45) is 5.73 Å². The molecule has 5 rings (SSSR count). The van der Waals surface area contributed by atoms with Crippen LogP contribution in [0.3, 0.4) is 0 Å². The van der Waals surface area contributed by atoms with Crippen LogP contribution in [0, 0.1) is 6.92 Å². The highest BCUT2D eigenvalue weighted by Crippen LogP contribution is 2.40. The summed E-state index contributed by atoms with van der Waals surface area (Å²) >= 11 is 1.51. The summed E-state index contributed by atoms with van der Waals surface area (Å²) in [7, 11) is -1.51. The van der Waals surface area contributed by atoms with Crippen molar-refractivity contribution in [3.8, 4) is 11.4 Å². The lowest BCUT2D eigenvalue weighted by Crippen LogP contribution is -2.30. The van der Waals surface area contributed by atoms with E-state index in [2.05, 4.69) is 10.6 Å². The first-order chi connectivity index (χ1) is 15.9. The Kier molecular flexibility index (Phi) is 5.49. The van der Waals surface area contributed by atoms with Gasteiger partial charge < -0.3 is 26.4 Å². The van der Waals surface area contributed by atoms with Gasteiger partial charge in [-0.05, 0) is 30.4 Å². The second-order valence-electron chi connectivity index (χ2n) is 7.95. The third-order valence-electron chi connectivity index (χ3n) is 5.76. The summed E-state index contributed by atoms with van der Waals surface area (Å²) in [6.07, 6.45) is 0.808. The average molecular weight is 459 g/mol. The second-order valence-corrected chi connectivity index (χ2v) is 9.18. The number of benzene rings is 2. The Morgan fingerprint density at radius 1 is 1.24 bits per heavy atom. The molecular formula is C23H22BN5O3S. The van der Waals surface area contributed by atoms with E-state index >= 15 is 0 Å². The number of nitrogens with one attached hydrogen (secondary N) is 2. The molecule has 2 aromatic carbocycles. The van der Waals surface area contributed by atoms with Crippen LogP contribution in [0.1, 0.15) is 26.4 Å². The zero-order valence-corrected chi connectivity index (χ0v) is 18.7. The van der Waals surface area contributed by atoms with Gasteiger partial charge in [0.05, 0.1) is 5.56 Å². The highest BCUT2D eigenvalue weighted by atomic mass is 32.1. The van der Waals surface area contributed by atoms with Crippen molar-refractivity contribution in [2.75, 3.05) is 17.2 Å². The lowest BCUT2D eigenvalue weighted by molar-refractivity contribution is 0.100. The Bertz CT molecular complexity index is 1390. The predicted molar refractivity (Wildman–Crippen MR) is 132 cm³/mol. The molecular weight excluding hydrogens is 437 g/mol. The van der Waals surface area contributed by atoms with Gasteiger partial charge >= 0.3 is 7.12 Å². The molecule has 0 bridgehead atoms. The number of carbonyl (C=O) groups excluding carboxylic acids is 1. The number of carbonyl (C=O) groups is 1. The molecule has 10 heteroatoms. The molecule has 0 fully saturated rings. The molecule has 0 spiro atoms. The Morgan fingerprint density at radius 3 is 2.85 bits per heavy atom. The molecule has 3 heterocycles. The third-order valence-corrected chi connectivity index (χ3v) is 6.92. The van der Waals surface area contributed by atoms with Crippen LogP contribution in [-0.4, -0.2) is 39.6 Å². The van der Waals surface area contributed by atoms with E-state index in [1.807, 2.05) is 25.1 Å². The molecule has 4 aromatic rings. The Balaban J connectivity index is 1.56. The van der Waals surface area contributed by atoms with Gasteiger partial charge in [0.15, 0.2) is 5.82 Å². The Morgan fingerprint density at radius 2 is 2.06 bits per heavy atom. The lowest BCUT2D eigenvalue weighted by atomic mass is 9.79. The van der Waals surface area contributed by atoms with Crippen molar-refractivity contribution in [3.63, 3.8) is 0 Å². The van der Waals surface area contributed by atoms with E-state index in [9.17, 15) is 14.8 Å². The number of hydrogen-bond donors (Lipinski definition) is 5. The zero-order valence-electron chi connectivity index (χ0n) is 17.9. The number of rotatable bonds is 6. The summed E-state index contributed by atoms with van der Waals surface area (Å²) in [5.41, 5.74) is 9.34. The van der Waals surface area contributed by atoms with Crippen LogP contribution in [0.25, 0.3) is 21.5 Å². The normalized spacial score (nSPS) is 12.5. The molecule has 1 aliphatic heterocycles. The first-order valence-corrected chi connectivity index (χ1v) is 11.4. The molecule has 2 aromatic heterocycles. The second kappa shape index (κ2) is 8.47. The summed E-state index contributed by atoms with van der Waals surface area (Å²) in [4.78, 5) is 22.6. The molecule has 6 N–H and O–H groups in total. The fourth-order valence-corrected chi connectivity index (χ4v) is 5.36. The minimum atomic E-state index is -1.51. The maximum Gasteiger partial charge on any atom is 0.488 e.